The van der Waals surface area contributed by atoms with Crippen LogP contribution in [0.15, 0.2) is 0 Å². The van der Waals surface area contributed by atoms with Crippen LogP contribution in [0.4, 0.5) is 0 Å². The molecule has 0 rings (SSSR count). The summed E-state index contributed by atoms with van der Waals surface area (Å²) in [6.45, 7) is 12.4. The van der Waals surface area contributed by atoms with E-state index in [9.17, 15) is 19.8 Å². The number of aliphatic carboxylic acids is 1. The first kappa shape index (κ1) is 74.4. The molecule has 1 unspecified atom stereocenters. The maximum absolute atomic E-state index is 16.3. The number of carbonyl (C=O) groups excluding carboxylic acids is 6. The number of likely N-dealkylation sites (N-methyl/N-ethyl adjacent to an activating group) is 1. The highest BCUT2D eigenvalue weighted by molar-refractivity contribution is 6.30. The van der Waals surface area contributed by atoms with E-state index in [-0.39, 0.29) is 44.3 Å². The maximum Gasteiger partial charge on any atom is 0.328 e. The quantitative estimate of drug-likeness (QED) is 0.0343. The normalized spacial score (nSPS) is 12.9. The molecule has 0 fully saturated rings. The van der Waals surface area contributed by atoms with Gasteiger partial charge in [0, 0.05) is 38.5 Å². The smallest absolute Gasteiger partial charge is 0.328 e. The Bertz CT molecular complexity index is 1530. The summed E-state index contributed by atoms with van der Waals surface area (Å²) in [6, 6.07) is 0. The SMILES string of the molecule is CCCCCCCCCC(=O)C[N+](C)(C)C(C(=O)CCCCCCCCC)(C(=O)CCCCCCCCC)C(O)(C(=O)CCCCCCCCC)C(C(=O)O)(C(=O)CCCCCCCCC)C(=O)CCCCCCCCC. The Hall–Kier alpha value is -2.59. The Balaban J connectivity index is 8.68. The van der Waals surface area contributed by atoms with Crippen molar-refractivity contribution in [3.63, 3.8) is 0 Å². The van der Waals surface area contributed by atoms with E-state index in [4.69, 9.17) is 0 Å². The molecule has 0 saturated carbocycles. The lowest BCUT2D eigenvalue weighted by molar-refractivity contribution is -0.920. The molecule has 0 heterocycles. The number of hydrogen-bond donors (Lipinski definition) is 2. The van der Waals surface area contributed by atoms with Crippen molar-refractivity contribution in [1.82, 2.24) is 0 Å². The lowest BCUT2D eigenvalue weighted by Gasteiger charge is -2.56. The zero-order valence-corrected chi connectivity index (χ0v) is 51.8. The average molecular weight is 1090 g/mol. The van der Waals surface area contributed by atoms with Crippen LogP contribution in [0, 0.1) is 5.41 Å². The van der Waals surface area contributed by atoms with Gasteiger partial charge in [-0.1, -0.05) is 273 Å². The van der Waals surface area contributed by atoms with E-state index in [1.807, 2.05) is 0 Å². The minimum atomic E-state index is -3.65. The molecule has 10 heteroatoms. The fraction of sp³-hybridized carbons (Fsp3) is 0.896. The standard InChI is InChI=1S/C67H123NO9/c1-9-15-21-27-33-39-45-51-58(69)57-68(7,8)66(61(72)54-48-42-36-30-24-18-12-4,62(73)55-49-43-37-31-25-19-13-5)67(77,63(74)56-50-44-38-32-26-20-14-6)65(64(75)76,59(70)52-46-40-34-28-22-16-10-2)60(71)53-47-41-35-29-23-17-11-3/h77H,9-57H2,1-8H3/p+1. The van der Waals surface area contributed by atoms with Gasteiger partial charge in [-0.15, -0.1) is 0 Å². The van der Waals surface area contributed by atoms with Crippen LogP contribution in [0.3, 0.4) is 0 Å². The summed E-state index contributed by atoms with van der Waals surface area (Å²) in [7, 11) is 3.02. The van der Waals surface area contributed by atoms with Crippen LogP contribution in [0.25, 0.3) is 0 Å². The van der Waals surface area contributed by atoms with Crippen LogP contribution in [0.5, 0.6) is 0 Å². The lowest BCUT2D eigenvalue weighted by atomic mass is 9.51. The van der Waals surface area contributed by atoms with Crippen molar-refractivity contribution in [3.05, 3.63) is 0 Å². The molecule has 0 aromatic rings. The van der Waals surface area contributed by atoms with Gasteiger partial charge in [-0.3, -0.25) is 33.6 Å². The largest absolute Gasteiger partial charge is 0.480 e. The van der Waals surface area contributed by atoms with Crippen LogP contribution in [0.1, 0.15) is 350 Å². The molecular formula is C67H124NO9+. The van der Waals surface area contributed by atoms with E-state index in [0.717, 1.165) is 199 Å². The first-order chi connectivity index (χ1) is 37.1. The Morgan fingerprint density at radius 1 is 0.299 bits per heavy atom. The molecule has 0 saturated heterocycles. The van der Waals surface area contributed by atoms with Gasteiger partial charge >= 0.3 is 5.97 Å². The Labute approximate surface area is 474 Å². The molecule has 450 valence electrons. The van der Waals surface area contributed by atoms with Gasteiger partial charge in [-0.05, 0) is 38.5 Å². The van der Waals surface area contributed by atoms with Gasteiger partial charge in [0.1, 0.15) is 6.54 Å². The van der Waals surface area contributed by atoms with Gasteiger partial charge in [-0.25, -0.2) is 0 Å². The van der Waals surface area contributed by atoms with Crippen molar-refractivity contribution in [3.8, 4) is 0 Å². The number of unbranched alkanes of at least 4 members (excludes halogenated alkanes) is 36. The van der Waals surface area contributed by atoms with Crippen molar-refractivity contribution >= 4 is 40.7 Å². The highest BCUT2D eigenvalue weighted by Crippen LogP contribution is 2.52. The summed E-state index contributed by atoms with van der Waals surface area (Å²) >= 11 is 0. The number of quaternary nitrogens is 1. The van der Waals surface area contributed by atoms with E-state index in [1.54, 1.807) is 0 Å². The second-order valence-corrected chi connectivity index (χ2v) is 24.2. The predicted molar refractivity (Wildman–Crippen MR) is 320 cm³/mol. The number of nitrogens with zero attached hydrogens (tertiary/aromatic N) is 1. The van der Waals surface area contributed by atoms with Crippen LogP contribution in [0.2, 0.25) is 0 Å². The first-order valence-corrected chi connectivity index (χ1v) is 33.0. The third kappa shape index (κ3) is 26.3. The van der Waals surface area contributed by atoms with Gasteiger partial charge in [-0.2, -0.15) is 0 Å². The third-order valence-electron chi connectivity index (χ3n) is 17.0. The van der Waals surface area contributed by atoms with Crippen molar-refractivity contribution in [2.45, 2.75) is 361 Å². The van der Waals surface area contributed by atoms with Gasteiger partial charge in [0.05, 0.1) is 14.1 Å². The highest BCUT2D eigenvalue weighted by atomic mass is 16.4. The molecule has 0 amide bonds. The molecule has 77 heavy (non-hydrogen) atoms. The number of rotatable bonds is 59. The monoisotopic (exact) mass is 1090 g/mol. The minimum absolute atomic E-state index is 0.131. The number of Topliss-reactive ketones (excluding diaryl/α,β-unsaturated/α-hetero) is 6. The topological polar surface area (TPSA) is 160 Å². The number of carboxylic acids is 1. The van der Waals surface area contributed by atoms with Crippen LogP contribution < -0.4 is 0 Å². The van der Waals surface area contributed by atoms with E-state index in [0.29, 0.717) is 51.4 Å². The minimum Gasteiger partial charge on any atom is -0.480 e. The summed E-state index contributed by atoms with van der Waals surface area (Å²) in [5.41, 5.74) is -10.1. The van der Waals surface area contributed by atoms with E-state index in [1.165, 1.54) is 14.1 Å². The molecule has 10 nitrogen and oxygen atoms in total. The molecule has 0 radical (unpaired) electrons. The molecule has 0 aromatic heterocycles. The number of carbonyl (C=O) groups is 7. The summed E-state index contributed by atoms with van der Waals surface area (Å²) in [5.74, 6) is -7.32. The Morgan fingerprint density at radius 3 is 0.753 bits per heavy atom. The lowest BCUT2D eigenvalue weighted by Crippen LogP contribution is -2.87. The summed E-state index contributed by atoms with van der Waals surface area (Å²) < 4.78 is -0.864. The molecule has 0 bridgehead atoms. The first-order valence-electron chi connectivity index (χ1n) is 33.0. The molecule has 0 aliphatic rings. The average Bonchev–Trinajstić information content (AvgIpc) is 3.40. The summed E-state index contributed by atoms with van der Waals surface area (Å²) in [5, 5.41) is 26.8. The second-order valence-electron chi connectivity index (χ2n) is 24.2. The zero-order chi connectivity index (χ0) is 57.7. The van der Waals surface area contributed by atoms with E-state index >= 15 is 24.0 Å². The van der Waals surface area contributed by atoms with E-state index < -0.39 is 81.7 Å². The van der Waals surface area contributed by atoms with Gasteiger partial charge in [0.15, 0.2) is 23.1 Å². The Kier molecular flexibility index (Phi) is 44.5. The molecule has 0 aliphatic carbocycles. The predicted octanol–water partition coefficient (Wildman–Crippen LogP) is 17.9. The van der Waals surface area contributed by atoms with Crippen LogP contribution in [-0.4, -0.2) is 87.1 Å². The number of aliphatic hydroxyl groups is 1. The Morgan fingerprint density at radius 2 is 0.506 bits per heavy atom. The molecule has 0 aliphatic heterocycles. The van der Waals surface area contributed by atoms with Crippen molar-refractivity contribution in [1.29, 1.82) is 0 Å². The molecule has 1 atom stereocenters. The number of carboxylic acid groups (broad SMARTS) is 1. The van der Waals surface area contributed by atoms with Crippen LogP contribution in [-0.2, 0) is 33.6 Å². The second kappa shape index (κ2) is 46.1. The zero-order valence-electron chi connectivity index (χ0n) is 51.8. The van der Waals surface area contributed by atoms with Gasteiger partial charge < -0.3 is 14.7 Å². The number of ketones is 6. The molecule has 2 N–H and O–H groups in total. The highest BCUT2D eigenvalue weighted by Gasteiger charge is 2.84. The van der Waals surface area contributed by atoms with Gasteiger partial charge in [0.2, 0.25) is 22.6 Å². The molecular weight excluding hydrogens is 963 g/mol. The fourth-order valence-electron chi connectivity index (χ4n) is 12.4. The maximum atomic E-state index is 16.3. The van der Waals surface area contributed by atoms with Gasteiger partial charge in [0.25, 0.3) is 5.54 Å². The third-order valence-corrected chi connectivity index (χ3v) is 17.0. The van der Waals surface area contributed by atoms with Crippen molar-refractivity contribution < 1.29 is 48.3 Å². The molecule has 0 aromatic carbocycles. The fourth-order valence-corrected chi connectivity index (χ4v) is 12.4. The van der Waals surface area contributed by atoms with E-state index in [2.05, 4.69) is 41.5 Å². The van der Waals surface area contributed by atoms with Crippen LogP contribution >= 0.6 is 0 Å². The van der Waals surface area contributed by atoms with Crippen molar-refractivity contribution in [2.24, 2.45) is 5.41 Å². The number of hydrogen-bond acceptors (Lipinski definition) is 8. The van der Waals surface area contributed by atoms with Crippen molar-refractivity contribution in [2.75, 3.05) is 20.6 Å². The summed E-state index contributed by atoms with van der Waals surface area (Å²) in [4.78, 5) is 110. The summed E-state index contributed by atoms with van der Waals surface area (Å²) in [6.07, 6.45) is 33.6. The molecule has 0 spiro atoms.